The summed E-state index contributed by atoms with van der Waals surface area (Å²) in [5.74, 6) is 1.44. The van der Waals surface area contributed by atoms with Crippen LogP contribution >= 0.6 is 0 Å². The van der Waals surface area contributed by atoms with E-state index in [2.05, 4.69) is 104 Å². The van der Waals surface area contributed by atoms with Crippen LogP contribution in [-0.4, -0.2) is 0 Å². The predicted molar refractivity (Wildman–Crippen MR) is 167 cm³/mol. The Bertz CT molecular complexity index is 1770. The van der Waals surface area contributed by atoms with E-state index in [-0.39, 0.29) is 0 Å². The minimum absolute atomic E-state index is 0.644. The molecule has 1 aliphatic rings. The fraction of sp³-hybridized carbons (Fsp3) is 0.0526. The zero-order valence-corrected chi connectivity index (χ0v) is 22.6. The molecule has 0 aromatic heterocycles. The van der Waals surface area contributed by atoms with Crippen LogP contribution in [-0.2, 0) is 10.2 Å². The second-order valence-electron chi connectivity index (χ2n) is 9.81. The van der Waals surface area contributed by atoms with Gasteiger partial charge in [0.15, 0.2) is 0 Å². The van der Waals surface area contributed by atoms with Crippen molar-refractivity contribution in [3.8, 4) is 16.9 Å². The van der Waals surface area contributed by atoms with Gasteiger partial charge in [-0.25, -0.2) is 0 Å². The van der Waals surface area contributed by atoms with Crippen molar-refractivity contribution in [1.29, 1.82) is 0 Å². The minimum atomic E-state index is -0.644. The molecule has 0 unspecified atom stereocenters. The lowest BCUT2D eigenvalue weighted by Crippen LogP contribution is -2.28. The Morgan fingerprint density at radius 3 is 1.77 bits per heavy atom. The van der Waals surface area contributed by atoms with Crippen molar-refractivity contribution >= 4 is 21.5 Å². The highest BCUT2D eigenvalue weighted by Crippen LogP contribution is 2.59. The smallest absolute Gasteiger partial charge is 0.126 e. The molecule has 0 saturated heterocycles. The lowest BCUT2D eigenvalue weighted by molar-refractivity contribution is 0.369. The summed E-state index contributed by atoms with van der Waals surface area (Å²) < 4.78 is 11.2. The Labute approximate surface area is 235 Å². The molecule has 6 rings (SSSR count). The van der Waals surface area contributed by atoms with Gasteiger partial charge in [0.1, 0.15) is 11.5 Å². The summed E-state index contributed by atoms with van der Waals surface area (Å²) in [6, 6.07) is 34.5. The molecule has 194 valence electrons. The van der Waals surface area contributed by atoms with Crippen molar-refractivity contribution in [2.75, 3.05) is 0 Å². The average Bonchev–Trinajstić information content (AvgIpc) is 3.31. The first-order chi connectivity index (χ1) is 19.6. The molecule has 0 saturated carbocycles. The van der Waals surface area contributed by atoms with E-state index < -0.39 is 5.41 Å². The summed E-state index contributed by atoms with van der Waals surface area (Å²) in [5, 5.41) is 4.88. The molecule has 2 heteroatoms. The molecule has 0 fully saturated rings. The molecule has 0 bridgehead atoms. The summed E-state index contributed by atoms with van der Waals surface area (Å²) in [6.45, 7) is 14.1. The Hall–Kier alpha value is -5.08. The van der Waals surface area contributed by atoms with E-state index >= 15 is 0 Å². The SMILES string of the molecule is C=COC(/C=C\C(=C)C1(c2ccc(OC=C)cc2)c2ccc3ccccc3c2-c2c1ccc1ccccc21)=C/C. The first-order valence-electron chi connectivity index (χ1n) is 13.4. The second kappa shape index (κ2) is 10.2. The predicted octanol–water partition coefficient (Wildman–Crippen LogP) is 10.0. The molecular weight excluding hydrogens is 488 g/mol. The average molecular weight is 519 g/mol. The van der Waals surface area contributed by atoms with E-state index in [0.29, 0.717) is 5.76 Å². The van der Waals surface area contributed by atoms with Crippen LogP contribution in [0.15, 0.2) is 159 Å². The van der Waals surface area contributed by atoms with Crippen molar-refractivity contribution < 1.29 is 9.47 Å². The lowest BCUT2D eigenvalue weighted by atomic mass is 9.67. The van der Waals surface area contributed by atoms with E-state index in [4.69, 9.17) is 16.1 Å². The van der Waals surface area contributed by atoms with Gasteiger partial charge in [0.25, 0.3) is 0 Å². The first kappa shape index (κ1) is 25.2. The van der Waals surface area contributed by atoms with Crippen LogP contribution in [0.25, 0.3) is 32.7 Å². The van der Waals surface area contributed by atoms with Gasteiger partial charge in [0.2, 0.25) is 0 Å². The van der Waals surface area contributed by atoms with Crippen LogP contribution in [0, 0.1) is 0 Å². The van der Waals surface area contributed by atoms with Gasteiger partial charge in [-0.3, -0.25) is 0 Å². The second-order valence-corrected chi connectivity index (χ2v) is 9.81. The number of hydrogen-bond acceptors (Lipinski definition) is 2. The fourth-order valence-electron chi connectivity index (χ4n) is 6.18. The number of rotatable bonds is 8. The van der Waals surface area contributed by atoms with Gasteiger partial charge >= 0.3 is 0 Å². The molecule has 1 aliphatic carbocycles. The van der Waals surface area contributed by atoms with Gasteiger partial charge in [-0.1, -0.05) is 111 Å². The molecule has 0 aliphatic heterocycles. The number of ether oxygens (including phenoxy) is 2. The third kappa shape index (κ3) is 3.80. The molecule has 0 heterocycles. The van der Waals surface area contributed by atoms with Crippen LogP contribution in [0.3, 0.4) is 0 Å². The zero-order valence-electron chi connectivity index (χ0n) is 22.6. The van der Waals surface area contributed by atoms with E-state index in [1.165, 1.54) is 56.3 Å². The summed E-state index contributed by atoms with van der Waals surface area (Å²) in [6.07, 6.45) is 8.83. The van der Waals surface area contributed by atoms with Gasteiger partial charge in [-0.2, -0.15) is 0 Å². The van der Waals surface area contributed by atoms with E-state index in [1.807, 2.05) is 31.2 Å². The Kier molecular flexibility index (Phi) is 6.45. The molecule has 0 N–H and O–H groups in total. The summed E-state index contributed by atoms with van der Waals surface area (Å²) in [7, 11) is 0. The molecule has 0 atom stereocenters. The first-order valence-corrected chi connectivity index (χ1v) is 13.4. The van der Waals surface area contributed by atoms with E-state index in [1.54, 1.807) is 0 Å². The number of allylic oxidation sites excluding steroid dienone is 4. The maximum Gasteiger partial charge on any atom is 0.126 e. The van der Waals surface area contributed by atoms with E-state index in [0.717, 1.165) is 16.9 Å². The molecule has 0 amide bonds. The molecule has 0 radical (unpaired) electrons. The number of fused-ring (bicyclic) bond motifs is 7. The van der Waals surface area contributed by atoms with Crippen LogP contribution < -0.4 is 4.74 Å². The standard InChI is InChI=1S/C38H30O2/c1-5-30(39-6-2)21-16-26(4)38(29-19-22-31(23-20-29)40-7-3)34-24-17-27-12-8-10-14-32(27)36(34)37-33-15-11-9-13-28(33)18-25-35(37)38/h5-25H,2-4H2,1H3/b21-16-,30-5+. The highest BCUT2D eigenvalue weighted by atomic mass is 16.5. The van der Waals surface area contributed by atoms with Crippen molar-refractivity contribution in [3.63, 3.8) is 0 Å². The topological polar surface area (TPSA) is 18.5 Å². The number of hydrogen-bond donors (Lipinski definition) is 0. The maximum absolute atomic E-state index is 5.61. The van der Waals surface area contributed by atoms with Crippen LogP contribution in [0.5, 0.6) is 5.75 Å². The summed E-state index contributed by atoms with van der Waals surface area (Å²) in [5.41, 5.74) is 6.30. The van der Waals surface area contributed by atoms with Crippen molar-refractivity contribution in [3.05, 3.63) is 176 Å². The molecule has 5 aromatic carbocycles. The molecule has 2 nitrogen and oxygen atoms in total. The maximum atomic E-state index is 5.61. The third-order valence-corrected chi connectivity index (χ3v) is 7.86. The van der Waals surface area contributed by atoms with Crippen LogP contribution in [0.2, 0.25) is 0 Å². The van der Waals surface area contributed by atoms with E-state index in [9.17, 15) is 0 Å². The fourth-order valence-corrected chi connectivity index (χ4v) is 6.18. The van der Waals surface area contributed by atoms with Crippen molar-refractivity contribution in [1.82, 2.24) is 0 Å². The molecular formula is C38H30O2. The molecule has 5 aromatic rings. The summed E-state index contributed by atoms with van der Waals surface area (Å²) in [4.78, 5) is 0. The van der Waals surface area contributed by atoms with Gasteiger partial charge < -0.3 is 9.47 Å². The van der Waals surface area contributed by atoms with Gasteiger partial charge in [-0.15, -0.1) is 0 Å². The Morgan fingerprint density at radius 1 is 0.675 bits per heavy atom. The largest absolute Gasteiger partial charge is 0.466 e. The van der Waals surface area contributed by atoms with Crippen LogP contribution in [0.4, 0.5) is 0 Å². The highest BCUT2D eigenvalue weighted by Gasteiger charge is 2.47. The van der Waals surface area contributed by atoms with Crippen molar-refractivity contribution in [2.24, 2.45) is 0 Å². The monoisotopic (exact) mass is 518 g/mol. The molecule has 40 heavy (non-hydrogen) atoms. The van der Waals surface area contributed by atoms with Gasteiger partial charge in [0, 0.05) is 0 Å². The van der Waals surface area contributed by atoms with Crippen molar-refractivity contribution in [2.45, 2.75) is 12.3 Å². The summed E-state index contributed by atoms with van der Waals surface area (Å²) >= 11 is 0. The van der Waals surface area contributed by atoms with Gasteiger partial charge in [-0.05, 0) is 86.1 Å². The number of benzene rings is 5. The third-order valence-electron chi connectivity index (χ3n) is 7.86. The minimum Gasteiger partial charge on any atom is -0.466 e. The normalized spacial score (nSPS) is 13.7. The van der Waals surface area contributed by atoms with Gasteiger partial charge in [0.05, 0.1) is 17.9 Å². The molecule has 0 spiro atoms. The zero-order chi connectivity index (χ0) is 27.7. The Balaban J connectivity index is 1.74. The Morgan fingerprint density at radius 2 is 1.25 bits per heavy atom. The lowest BCUT2D eigenvalue weighted by Gasteiger charge is -2.34. The quantitative estimate of drug-likeness (QED) is 0.150. The highest BCUT2D eigenvalue weighted by molar-refractivity contribution is 6.12. The van der Waals surface area contributed by atoms with Crippen LogP contribution in [0.1, 0.15) is 23.6 Å².